The van der Waals surface area contributed by atoms with Gasteiger partial charge in [0.05, 0.1) is 11.1 Å². The summed E-state index contributed by atoms with van der Waals surface area (Å²) in [7, 11) is 0. The van der Waals surface area contributed by atoms with Gasteiger partial charge in [-0.25, -0.2) is 0 Å². The van der Waals surface area contributed by atoms with Gasteiger partial charge in [-0.3, -0.25) is 0 Å². The molecule has 1 aromatic rings. The van der Waals surface area contributed by atoms with Gasteiger partial charge >= 0.3 is 0 Å². The van der Waals surface area contributed by atoms with Crippen molar-refractivity contribution < 1.29 is 4.74 Å². The Balaban J connectivity index is 2.05. The molecule has 1 aliphatic rings. The molecule has 0 bridgehead atoms. The Bertz CT molecular complexity index is 430. The molecule has 0 amide bonds. The minimum Gasteiger partial charge on any atom is -0.492 e. The Morgan fingerprint density at radius 3 is 2.72 bits per heavy atom. The van der Waals surface area contributed by atoms with E-state index in [2.05, 4.69) is 21.2 Å². The first-order valence-electron chi connectivity index (χ1n) is 6.38. The molecule has 1 N–H and O–H groups in total. The van der Waals surface area contributed by atoms with E-state index < -0.39 is 0 Å². The molecule has 0 aliphatic carbocycles. The second-order valence-corrected chi connectivity index (χ2v) is 6.12. The number of piperidine rings is 1. The van der Waals surface area contributed by atoms with Crippen LogP contribution in [0.5, 0.6) is 5.75 Å². The third-order valence-electron chi connectivity index (χ3n) is 3.50. The zero-order chi connectivity index (χ0) is 13.1. The fraction of sp³-hybridized carbons (Fsp3) is 0.571. The highest BCUT2D eigenvalue weighted by Crippen LogP contribution is 2.36. The van der Waals surface area contributed by atoms with Crippen molar-refractivity contribution in [1.29, 1.82) is 0 Å². The van der Waals surface area contributed by atoms with Crippen molar-refractivity contribution in [3.63, 3.8) is 0 Å². The van der Waals surface area contributed by atoms with Gasteiger partial charge in [-0.05, 0) is 78.8 Å². The maximum absolute atomic E-state index is 6.21. The summed E-state index contributed by atoms with van der Waals surface area (Å²) in [4.78, 5) is 0. The molecule has 1 saturated heterocycles. The molecule has 0 unspecified atom stereocenters. The minimum absolute atomic E-state index is 0.662. The van der Waals surface area contributed by atoms with Gasteiger partial charge in [0.15, 0.2) is 0 Å². The summed E-state index contributed by atoms with van der Waals surface area (Å²) in [5, 5.41) is 4.18. The summed E-state index contributed by atoms with van der Waals surface area (Å²) < 4.78 is 6.94. The van der Waals surface area contributed by atoms with Crippen molar-refractivity contribution >= 4 is 27.5 Å². The standard InChI is InChI=1S/C14H19BrClNO/c1-9-7-12(13(15)10(2)14(9)16)18-8-11-3-5-17-6-4-11/h7,11,17H,3-6,8H2,1-2H3. The molecule has 2 rings (SSSR count). The molecule has 1 aromatic carbocycles. The van der Waals surface area contributed by atoms with Crippen LogP contribution in [-0.4, -0.2) is 19.7 Å². The summed E-state index contributed by atoms with van der Waals surface area (Å²) in [6, 6.07) is 2.01. The van der Waals surface area contributed by atoms with Crippen molar-refractivity contribution in [2.75, 3.05) is 19.7 Å². The molecule has 100 valence electrons. The molecule has 0 spiro atoms. The van der Waals surface area contributed by atoms with Gasteiger partial charge in [0.25, 0.3) is 0 Å². The monoisotopic (exact) mass is 331 g/mol. The number of rotatable bonds is 3. The first-order valence-corrected chi connectivity index (χ1v) is 7.55. The molecule has 0 saturated carbocycles. The van der Waals surface area contributed by atoms with E-state index in [1.165, 1.54) is 12.8 Å². The van der Waals surface area contributed by atoms with Crippen molar-refractivity contribution in [3.05, 3.63) is 26.7 Å². The van der Waals surface area contributed by atoms with Gasteiger partial charge in [-0.1, -0.05) is 11.6 Å². The normalized spacial score (nSPS) is 16.9. The Hall–Kier alpha value is -0.250. The number of benzene rings is 1. The van der Waals surface area contributed by atoms with E-state index in [1.54, 1.807) is 0 Å². The Labute approximate surface area is 122 Å². The summed E-state index contributed by atoms with van der Waals surface area (Å²) in [5.74, 6) is 1.57. The molecule has 1 fully saturated rings. The quantitative estimate of drug-likeness (QED) is 0.900. The summed E-state index contributed by atoms with van der Waals surface area (Å²) in [6.45, 7) is 7.03. The smallest absolute Gasteiger partial charge is 0.134 e. The lowest BCUT2D eigenvalue weighted by Crippen LogP contribution is -2.30. The average molecular weight is 333 g/mol. The van der Waals surface area contributed by atoms with Crippen molar-refractivity contribution in [3.8, 4) is 5.75 Å². The lowest BCUT2D eigenvalue weighted by atomic mass is 9.99. The molecule has 18 heavy (non-hydrogen) atoms. The number of aryl methyl sites for hydroxylation is 1. The van der Waals surface area contributed by atoms with Crippen LogP contribution >= 0.6 is 27.5 Å². The highest BCUT2D eigenvalue weighted by molar-refractivity contribution is 9.10. The van der Waals surface area contributed by atoms with E-state index in [4.69, 9.17) is 16.3 Å². The fourth-order valence-electron chi connectivity index (χ4n) is 2.26. The van der Waals surface area contributed by atoms with Gasteiger partial charge in [0, 0.05) is 5.02 Å². The molecule has 1 aliphatic heterocycles. The second kappa shape index (κ2) is 6.27. The van der Waals surface area contributed by atoms with E-state index >= 15 is 0 Å². The van der Waals surface area contributed by atoms with Crippen molar-refractivity contribution in [1.82, 2.24) is 5.32 Å². The first kappa shape index (κ1) is 14.2. The molecule has 4 heteroatoms. The van der Waals surface area contributed by atoms with Crippen LogP contribution in [0, 0.1) is 19.8 Å². The number of hydrogen-bond donors (Lipinski definition) is 1. The number of ether oxygens (including phenoxy) is 1. The van der Waals surface area contributed by atoms with E-state index in [-0.39, 0.29) is 0 Å². The maximum Gasteiger partial charge on any atom is 0.134 e. The SMILES string of the molecule is Cc1cc(OCC2CCNCC2)c(Br)c(C)c1Cl. The van der Waals surface area contributed by atoms with Gasteiger partial charge < -0.3 is 10.1 Å². The predicted molar refractivity (Wildman–Crippen MR) is 79.7 cm³/mol. The summed E-state index contributed by atoms with van der Waals surface area (Å²) >= 11 is 9.78. The van der Waals surface area contributed by atoms with Crippen LogP contribution in [0.2, 0.25) is 5.02 Å². The Morgan fingerprint density at radius 1 is 1.39 bits per heavy atom. The van der Waals surface area contributed by atoms with Crippen LogP contribution in [0.1, 0.15) is 24.0 Å². The van der Waals surface area contributed by atoms with E-state index in [0.29, 0.717) is 5.92 Å². The van der Waals surface area contributed by atoms with Crippen LogP contribution in [0.25, 0.3) is 0 Å². The largest absolute Gasteiger partial charge is 0.492 e. The topological polar surface area (TPSA) is 21.3 Å². The number of nitrogens with one attached hydrogen (secondary N) is 1. The molecule has 0 atom stereocenters. The van der Waals surface area contributed by atoms with Crippen LogP contribution < -0.4 is 10.1 Å². The predicted octanol–water partition coefficient (Wildman–Crippen LogP) is 4.10. The fourth-order valence-corrected chi connectivity index (χ4v) is 2.95. The zero-order valence-corrected chi connectivity index (χ0v) is 13.2. The minimum atomic E-state index is 0.662. The van der Waals surface area contributed by atoms with Gasteiger partial charge in [0.2, 0.25) is 0 Å². The lowest BCUT2D eigenvalue weighted by molar-refractivity contribution is 0.214. The maximum atomic E-state index is 6.21. The van der Waals surface area contributed by atoms with E-state index in [0.717, 1.165) is 46.1 Å². The summed E-state index contributed by atoms with van der Waals surface area (Å²) in [6.07, 6.45) is 2.40. The molecular formula is C14H19BrClNO. The lowest BCUT2D eigenvalue weighted by Gasteiger charge is -2.23. The highest BCUT2D eigenvalue weighted by Gasteiger charge is 2.16. The zero-order valence-electron chi connectivity index (χ0n) is 10.9. The number of halogens is 2. The summed E-state index contributed by atoms with van der Waals surface area (Å²) in [5.41, 5.74) is 2.12. The number of hydrogen-bond acceptors (Lipinski definition) is 2. The van der Waals surface area contributed by atoms with Crippen LogP contribution in [0.4, 0.5) is 0 Å². The van der Waals surface area contributed by atoms with Gasteiger partial charge in [0.1, 0.15) is 5.75 Å². The van der Waals surface area contributed by atoms with E-state index in [1.807, 2.05) is 19.9 Å². The van der Waals surface area contributed by atoms with Crippen LogP contribution in [-0.2, 0) is 0 Å². The van der Waals surface area contributed by atoms with E-state index in [9.17, 15) is 0 Å². The average Bonchev–Trinajstić information content (AvgIpc) is 2.40. The Morgan fingerprint density at radius 2 is 2.06 bits per heavy atom. The van der Waals surface area contributed by atoms with Crippen LogP contribution in [0.15, 0.2) is 10.5 Å². The first-order chi connectivity index (χ1) is 8.59. The van der Waals surface area contributed by atoms with Crippen molar-refractivity contribution in [2.24, 2.45) is 5.92 Å². The highest BCUT2D eigenvalue weighted by atomic mass is 79.9. The van der Waals surface area contributed by atoms with Gasteiger partial charge in [-0.15, -0.1) is 0 Å². The van der Waals surface area contributed by atoms with Gasteiger partial charge in [-0.2, -0.15) is 0 Å². The van der Waals surface area contributed by atoms with Crippen molar-refractivity contribution in [2.45, 2.75) is 26.7 Å². The molecular weight excluding hydrogens is 314 g/mol. The Kier molecular flexibility index (Phi) is 4.93. The molecule has 2 nitrogen and oxygen atoms in total. The second-order valence-electron chi connectivity index (χ2n) is 4.95. The molecule has 0 radical (unpaired) electrons. The molecule has 1 heterocycles. The third kappa shape index (κ3) is 3.19. The van der Waals surface area contributed by atoms with Crippen LogP contribution in [0.3, 0.4) is 0 Å². The third-order valence-corrected chi connectivity index (χ3v) is 5.07. The molecule has 0 aromatic heterocycles.